The quantitative estimate of drug-likeness (QED) is 0.880. The molecule has 0 unspecified atom stereocenters. The normalized spacial score (nSPS) is 10.3. The van der Waals surface area contributed by atoms with Crippen molar-refractivity contribution in [2.45, 2.75) is 27.2 Å². The summed E-state index contributed by atoms with van der Waals surface area (Å²) in [4.78, 5) is 12.3. The molecule has 0 atom stereocenters. The molecule has 4 heteroatoms. The topological polar surface area (TPSA) is 47.6 Å². The third-order valence-corrected chi connectivity index (χ3v) is 3.55. The lowest BCUT2D eigenvalue weighted by molar-refractivity contribution is -0.115. The maximum atomic E-state index is 12.3. The molecule has 0 saturated heterocycles. The van der Waals surface area contributed by atoms with Gasteiger partial charge in [-0.1, -0.05) is 18.2 Å². The van der Waals surface area contributed by atoms with Crippen LogP contribution in [0.25, 0.3) is 0 Å². The van der Waals surface area contributed by atoms with Crippen LogP contribution in [0.3, 0.4) is 0 Å². The molecule has 0 aliphatic rings. The number of ether oxygens (including phenoxy) is 2. The molecule has 0 spiro atoms. The minimum atomic E-state index is -0.0827. The molecule has 0 aliphatic heterocycles. The van der Waals surface area contributed by atoms with Crippen molar-refractivity contribution in [2.75, 3.05) is 19.0 Å². The van der Waals surface area contributed by atoms with Crippen LogP contribution in [-0.2, 0) is 11.2 Å². The fourth-order valence-corrected chi connectivity index (χ4v) is 2.36. The summed E-state index contributed by atoms with van der Waals surface area (Å²) in [5.74, 6) is 1.41. The van der Waals surface area contributed by atoms with Crippen molar-refractivity contribution in [3.05, 3.63) is 53.1 Å². The Hall–Kier alpha value is -2.49. The number of hydrogen-bond donors (Lipinski definition) is 1. The van der Waals surface area contributed by atoms with Crippen LogP contribution in [0.2, 0.25) is 0 Å². The molecule has 0 aromatic heterocycles. The Bertz CT molecular complexity index is 695. The Kier molecular flexibility index (Phi) is 5.63. The Balaban J connectivity index is 2.10. The minimum Gasteiger partial charge on any atom is -0.496 e. The van der Waals surface area contributed by atoms with Gasteiger partial charge in [0.25, 0.3) is 0 Å². The van der Waals surface area contributed by atoms with Crippen LogP contribution >= 0.6 is 0 Å². The molecule has 0 radical (unpaired) electrons. The van der Waals surface area contributed by atoms with E-state index in [0.29, 0.717) is 18.0 Å². The van der Waals surface area contributed by atoms with Crippen LogP contribution < -0.4 is 14.8 Å². The SMILES string of the molecule is CCOc1cc(C)ccc1NC(=O)Cc1ccc(C)c(OC)c1. The van der Waals surface area contributed by atoms with Gasteiger partial charge in [-0.3, -0.25) is 4.79 Å². The molecule has 4 nitrogen and oxygen atoms in total. The lowest BCUT2D eigenvalue weighted by atomic mass is 10.1. The standard InChI is InChI=1S/C19H23NO3/c1-5-23-18-10-13(2)6-9-16(18)20-19(21)12-15-8-7-14(3)17(11-15)22-4/h6-11H,5,12H2,1-4H3,(H,20,21). The number of amides is 1. The highest BCUT2D eigenvalue weighted by molar-refractivity contribution is 5.93. The summed E-state index contributed by atoms with van der Waals surface area (Å²) < 4.78 is 10.9. The van der Waals surface area contributed by atoms with Crippen LogP contribution in [0.4, 0.5) is 5.69 Å². The first-order valence-corrected chi connectivity index (χ1v) is 7.70. The van der Waals surface area contributed by atoms with Gasteiger partial charge in [0.2, 0.25) is 5.91 Å². The zero-order valence-corrected chi connectivity index (χ0v) is 14.1. The summed E-state index contributed by atoms with van der Waals surface area (Å²) in [6.07, 6.45) is 0.288. The lowest BCUT2D eigenvalue weighted by Crippen LogP contribution is -2.15. The van der Waals surface area contributed by atoms with Crippen molar-refractivity contribution >= 4 is 11.6 Å². The van der Waals surface area contributed by atoms with Gasteiger partial charge in [-0.05, 0) is 55.7 Å². The van der Waals surface area contributed by atoms with E-state index in [1.165, 1.54) is 0 Å². The van der Waals surface area contributed by atoms with Crippen molar-refractivity contribution < 1.29 is 14.3 Å². The molecular weight excluding hydrogens is 290 g/mol. The number of hydrogen-bond acceptors (Lipinski definition) is 3. The maximum Gasteiger partial charge on any atom is 0.228 e. The molecule has 0 bridgehead atoms. The Labute approximate surface area is 137 Å². The number of benzene rings is 2. The highest BCUT2D eigenvalue weighted by atomic mass is 16.5. The third-order valence-electron chi connectivity index (χ3n) is 3.55. The van der Waals surface area contributed by atoms with Crippen molar-refractivity contribution in [3.8, 4) is 11.5 Å². The first-order valence-electron chi connectivity index (χ1n) is 7.70. The van der Waals surface area contributed by atoms with E-state index in [1.807, 2.05) is 57.2 Å². The largest absolute Gasteiger partial charge is 0.496 e. The van der Waals surface area contributed by atoms with Crippen molar-refractivity contribution in [1.29, 1.82) is 0 Å². The fraction of sp³-hybridized carbons (Fsp3) is 0.316. The molecule has 23 heavy (non-hydrogen) atoms. The Morgan fingerprint density at radius 3 is 2.57 bits per heavy atom. The van der Waals surface area contributed by atoms with Gasteiger partial charge in [-0.25, -0.2) is 0 Å². The fourth-order valence-electron chi connectivity index (χ4n) is 2.36. The average Bonchev–Trinajstić information content (AvgIpc) is 2.52. The van der Waals surface area contributed by atoms with Gasteiger partial charge >= 0.3 is 0 Å². The Morgan fingerprint density at radius 2 is 1.87 bits per heavy atom. The second-order valence-corrected chi connectivity index (χ2v) is 5.46. The van der Waals surface area contributed by atoms with Gasteiger partial charge in [0, 0.05) is 0 Å². The molecule has 0 saturated carbocycles. The van der Waals surface area contributed by atoms with Crippen LogP contribution in [0.1, 0.15) is 23.6 Å². The molecule has 0 heterocycles. The number of carbonyl (C=O) groups excluding carboxylic acids is 1. The first-order chi connectivity index (χ1) is 11.0. The summed E-state index contributed by atoms with van der Waals surface area (Å²) in [5, 5.41) is 2.92. The molecule has 0 fully saturated rings. The van der Waals surface area contributed by atoms with Crippen LogP contribution in [0.5, 0.6) is 11.5 Å². The van der Waals surface area contributed by atoms with E-state index in [9.17, 15) is 4.79 Å². The number of nitrogens with one attached hydrogen (secondary N) is 1. The van der Waals surface area contributed by atoms with E-state index >= 15 is 0 Å². The van der Waals surface area contributed by atoms with Gasteiger partial charge in [0.05, 0.1) is 25.8 Å². The monoisotopic (exact) mass is 313 g/mol. The number of aryl methyl sites for hydroxylation is 2. The van der Waals surface area contributed by atoms with Crippen LogP contribution in [0, 0.1) is 13.8 Å². The van der Waals surface area contributed by atoms with E-state index in [0.717, 1.165) is 22.4 Å². The maximum absolute atomic E-state index is 12.3. The lowest BCUT2D eigenvalue weighted by Gasteiger charge is -2.13. The molecule has 2 rings (SSSR count). The van der Waals surface area contributed by atoms with E-state index in [1.54, 1.807) is 7.11 Å². The number of anilines is 1. The summed E-state index contributed by atoms with van der Waals surface area (Å²) in [5.41, 5.74) is 3.75. The summed E-state index contributed by atoms with van der Waals surface area (Å²) in [6.45, 7) is 6.45. The van der Waals surface area contributed by atoms with E-state index in [4.69, 9.17) is 9.47 Å². The van der Waals surface area contributed by atoms with Crippen LogP contribution in [-0.4, -0.2) is 19.6 Å². The van der Waals surface area contributed by atoms with Gasteiger partial charge in [0.1, 0.15) is 11.5 Å². The predicted octanol–water partition coefficient (Wildman–Crippen LogP) is 3.89. The highest BCUT2D eigenvalue weighted by Crippen LogP contribution is 2.26. The highest BCUT2D eigenvalue weighted by Gasteiger charge is 2.10. The molecular formula is C19H23NO3. The number of rotatable bonds is 6. The van der Waals surface area contributed by atoms with Crippen molar-refractivity contribution in [3.63, 3.8) is 0 Å². The minimum absolute atomic E-state index is 0.0827. The molecule has 2 aromatic rings. The zero-order chi connectivity index (χ0) is 16.8. The molecule has 0 aliphatic carbocycles. The number of carbonyl (C=O) groups is 1. The number of methoxy groups -OCH3 is 1. The first kappa shape index (κ1) is 16.9. The second-order valence-electron chi connectivity index (χ2n) is 5.46. The Morgan fingerprint density at radius 1 is 1.09 bits per heavy atom. The van der Waals surface area contributed by atoms with E-state index in [2.05, 4.69) is 5.32 Å². The van der Waals surface area contributed by atoms with Gasteiger partial charge < -0.3 is 14.8 Å². The van der Waals surface area contributed by atoms with Crippen molar-refractivity contribution in [1.82, 2.24) is 0 Å². The third kappa shape index (κ3) is 4.49. The van der Waals surface area contributed by atoms with E-state index in [-0.39, 0.29) is 12.3 Å². The summed E-state index contributed by atoms with van der Waals surface area (Å²) in [7, 11) is 1.63. The summed E-state index contributed by atoms with van der Waals surface area (Å²) in [6, 6.07) is 11.5. The molecule has 122 valence electrons. The molecule has 1 amide bonds. The molecule has 1 N–H and O–H groups in total. The van der Waals surface area contributed by atoms with E-state index < -0.39 is 0 Å². The molecule has 2 aromatic carbocycles. The van der Waals surface area contributed by atoms with Gasteiger partial charge in [0.15, 0.2) is 0 Å². The zero-order valence-electron chi connectivity index (χ0n) is 14.1. The summed E-state index contributed by atoms with van der Waals surface area (Å²) >= 11 is 0. The van der Waals surface area contributed by atoms with Crippen molar-refractivity contribution in [2.24, 2.45) is 0 Å². The van der Waals surface area contributed by atoms with Crippen LogP contribution in [0.15, 0.2) is 36.4 Å². The van der Waals surface area contributed by atoms with Gasteiger partial charge in [-0.15, -0.1) is 0 Å². The second kappa shape index (κ2) is 7.68. The predicted molar refractivity (Wildman–Crippen MR) is 92.4 cm³/mol. The van der Waals surface area contributed by atoms with Gasteiger partial charge in [-0.2, -0.15) is 0 Å². The smallest absolute Gasteiger partial charge is 0.228 e. The average molecular weight is 313 g/mol.